The molecule has 1 N–H and O–H groups in total. The third kappa shape index (κ3) is 3.99. The second kappa shape index (κ2) is 7.50. The zero-order valence-corrected chi connectivity index (χ0v) is 15.7. The van der Waals surface area contributed by atoms with E-state index in [2.05, 4.69) is 17.9 Å². The smallest absolute Gasteiger partial charge is 0.341 e. The number of anilines is 1. The van der Waals surface area contributed by atoms with Gasteiger partial charge < -0.3 is 19.0 Å². The number of nitrogens with zero attached hydrogens (tertiary/aromatic N) is 1. The molecule has 0 aliphatic carbocycles. The van der Waals surface area contributed by atoms with E-state index >= 15 is 0 Å². The van der Waals surface area contributed by atoms with Gasteiger partial charge in [0.1, 0.15) is 17.9 Å². The Morgan fingerprint density at radius 1 is 1.28 bits per heavy atom. The number of methoxy groups -OCH3 is 1. The topological polar surface area (TPSA) is 47.1 Å². The van der Waals surface area contributed by atoms with Crippen LogP contribution in [0.1, 0.15) is 27.4 Å². The minimum Gasteiger partial charge on any atom is -0.465 e. The Balaban J connectivity index is 1.61. The lowest BCUT2D eigenvalue weighted by molar-refractivity contribution is -0.915. The highest BCUT2D eigenvalue weighted by molar-refractivity contribution is 6.30. The van der Waals surface area contributed by atoms with Gasteiger partial charge in [0.15, 0.2) is 5.76 Å². The molecule has 0 unspecified atom stereocenters. The van der Waals surface area contributed by atoms with Crippen LogP contribution in [0.4, 0.5) is 5.69 Å². The Bertz CT molecular complexity index is 764. The van der Waals surface area contributed by atoms with Crippen LogP contribution in [-0.4, -0.2) is 39.3 Å². The first-order valence-electron chi connectivity index (χ1n) is 8.50. The van der Waals surface area contributed by atoms with Crippen molar-refractivity contribution in [1.29, 1.82) is 0 Å². The number of rotatable bonds is 4. The predicted molar refractivity (Wildman–Crippen MR) is 97.6 cm³/mol. The van der Waals surface area contributed by atoms with Crippen molar-refractivity contribution in [3.63, 3.8) is 0 Å². The van der Waals surface area contributed by atoms with Gasteiger partial charge in [-0.05, 0) is 31.5 Å². The van der Waals surface area contributed by atoms with E-state index in [1.165, 1.54) is 23.3 Å². The number of hydrogen-bond donors (Lipinski definition) is 1. The molecule has 0 saturated carbocycles. The van der Waals surface area contributed by atoms with Crippen LogP contribution in [0.5, 0.6) is 0 Å². The molecule has 6 heteroatoms. The molecule has 0 bridgehead atoms. The van der Waals surface area contributed by atoms with Crippen molar-refractivity contribution < 1.29 is 18.8 Å². The lowest BCUT2D eigenvalue weighted by Gasteiger charge is -2.34. The molecular formula is C19H24ClN2O3+. The zero-order valence-electron chi connectivity index (χ0n) is 14.9. The van der Waals surface area contributed by atoms with Crippen LogP contribution in [-0.2, 0) is 11.3 Å². The number of nitrogens with one attached hydrogen (secondary N) is 1. The van der Waals surface area contributed by atoms with Gasteiger partial charge in [0.2, 0.25) is 0 Å². The minimum atomic E-state index is -0.344. The second-order valence-electron chi connectivity index (χ2n) is 6.52. The maximum absolute atomic E-state index is 11.7. The Kier molecular flexibility index (Phi) is 5.35. The number of piperazine rings is 1. The molecule has 2 aromatic rings. The summed E-state index contributed by atoms with van der Waals surface area (Å²) >= 11 is 6.14. The van der Waals surface area contributed by atoms with Gasteiger partial charge in [-0.25, -0.2) is 4.79 Å². The van der Waals surface area contributed by atoms with E-state index < -0.39 is 0 Å². The van der Waals surface area contributed by atoms with Crippen molar-refractivity contribution in [2.45, 2.75) is 20.4 Å². The molecule has 2 heterocycles. The third-order valence-corrected chi connectivity index (χ3v) is 5.02. The SMILES string of the molecule is COC(=O)c1cc(C[NH+]2CCN(c3cc(Cl)ccc3C)CC2)oc1C. The Morgan fingerprint density at radius 3 is 2.68 bits per heavy atom. The van der Waals surface area contributed by atoms with E-state index in [1.807, 2.05) is 18.2 Å². The Morgan fingerprint density at radius 2 is 2.00 bits per heavy atom. The number of aryl methyl sites for hydroxylation is 2. The maximum Gasteiger partial charge on any atom is 0.341 e. The molecule has 5 nitrogen and oxygen atoms in total. The average Bonchev–Trinajstić information content (AvgIpc) is 2.97. The monoisotopic (exact) mass is 363 g/mol. The summed E-state index contributed by atoms with van der Waals surface area (Å²) in [5.74, 6) is 1.11. The van der Waals surface area contributed by atoms with Gasteiger partial charge in [-0.3, -0.25) is 0 Å². The van der Waals surface area contributed by atoms with E-state index in [1.54, 1.807) is 6.92 Å². The Hall–Kier alpha value is -1.98. The number of carbonyl (C=O) groups is 1. The van der Waals surface area contributed by atoms with Crippen molar-refractivity contribution >= 4 is 23.3 Å². The van der Waals surface area contributed by atoms with E-state index in [0.717, 1.165) is 43.5 Å². The van der Waals surface area contributed by atoms with Crippen LogP contribution >= 0.6 is 11.6 Å². The van der Waals surface area contributed by atoms with Crippen LogP contribution in [0.15, 0.2) is 28.7 Å². The van der Waals surface area contributed by atoms with Gasteiger partial charge in [0, 0.05) is 16.8 Å². The Labute approximate surface area is 153 Å². The largest absolute Gasteiger partial charge is 0.465 e. The van der Waals surface area contributed by atoms with Gasteiger partial charge in [-0.2, -0.15) is 0 Å². The normalized spacial score (nSPS) is 15.4. The van der Waals surface area contributed by atoms with E-state index in [9.17, 15) is 4.79 Å². The van der Waals surface area contributed by atoms with Crippen LogP contribution < -0.4 is 9.80 Å². The summed E-state index contributed by atoms with van der Waals surface area (Å²) in [5, 5.41) is 0.775. The highest BCUT2D eigenvalue weighted by Gasteiger charge is 2.24. The lowest BCUT2D eigenvalue weighted by Crippen LogP contribution is -3.13. The molecule has 0 radical (unpaired) electrons. The zero-order chi connectivity index (χ0) is 18.0. The summed E-state index contributed by atoms with van der Waals surface area (Å²) in [5.41, 5.74) is 2.98. The minimum absolute atomic E-state index is 0.344. The lowest BCUT2D eigenvalue weighted by atomic mass is 10.1. The van der Waals surface area contributed by atoms with Gasteiger partial charge >= 0.3 is 5.97 Å². The van der Waals surface area contributed by atoms with Gasteiger partial charge in [-0.1, -0.05) is 17.7 Å². The molecule has 1 fully saturated rings. The molecule has 0 atom stereocenters. The fraction of sp³-hybridized carbons (Fsp3) is 0.421. The number of quaternary nitrogens is 1. The van der Waals surface area contributed by atoms with Crippen LogP contribution in [0.3, 0.4) is 0 Å². The van der Waals surface area contributed by atoms with Gasteiger partial charge in [0.05, 0.1) is 33.3 Å². The molecule has 3 rings (SSSR count). The molecule has 1 aliphatic rings. The molecule has 1 aromatic heterocycles. The van der Waals surface area contributed by atoms with Crippen molar-refractivity contribution in [3.8, 4) is 0 Å². The number of ether oxygens (including phenoxy) is 1. The number of esters is 1. The molecule has 25 heavy (non-hydrogen) atoms. The third-order valence-electron chi connectivity index (χ3n) is 4.78. The summed E-state index contributed by atoms with van der Waals surface area (Å²) in [6, 6.07) is 7.85. The molecule has 1 aliphatic heterocycles. The van der Waals surface area contributed by atoms with Crippen LogP contribution in [0.25, 0.3) is 0 Å². The number of benzene rings is 1. The molecule has 1 saturated heterocycles. The number of hydrogen-bond acceptors (Lipinski definition) is 4. The first-order chi connectivity index (χ1) is 12.0. The fourth-order valence-corrected chi connectivity index (χ4v) is 3.52. The summed E-state index contributed by atoms with van der Waals surface area (Å²) in [7, 11) is 1.39. The highest BCUT2D eigenvalue weighted by atomic mass is 35.5. The van der Waals surface area contributed by atoms with Gasteiger partial charge in [0.25, 0.3) is 0 Å². The summed E-state index contributed by atoms with van der Waals surface area (Å²) < 4.78 is 10.5. The maximum atomic E-state index is 11.7. The summed E-state index contributed by atoms with van der Waals surface area (Å²) in [6.07, 6.45) is 0. The van der Waals surface area contributed by atoms with E-state index in [-0.39, 0.29) is 5.97 Å². The molecular weight excluding hydrogens is 340 g/mol. The van der Waals surface area contributed by atoms with Crippen molar-refractivity contribution in [1.82, 2.24) is 0 Å². The summed E-state index contributed by atoms with van der Waals surface area (Å²) in [6.45, 7) is 8.66. The first kappa shape index (κ1) is 17.8. The van der Waals surface area contributed by atoms with E-state index in [0.29, 0.717) is 11.3 Å². The summed E-state index contributed by atoms with van der Waals surface area (Å²) in [4.78, 5) is 15.5. The molecule has 0 amide bonds. The molecule has 134 valence electrons. The fourth-order valence-electron chi connectivity index (χ4n) is 3.35. The highest BCUT2D eigenvalue weighted by Crippen LogP contribution is 2.24. The van der Waals surface area contributed by atoms with Crippen molar-refractivity contribution in [2.75, 3.05) is 38.2 Å². The van der Waals surface area contributed by atoms with Crippen molar-refractivity contribution in [3.05, 3.63) is 51.9 Å². The predicted octanol–water partition coefficient (Wildman–Crippen LogP) is 2.24. The van der Waals surface area contributed by atoms with Crippen LogP contribution in [0.2, 0.25) is 5.02 Å². The van der Waals surface area contributed by atoms with Gasteiger partial charge in [-0.15, -0.1) is 0 Å². The second-order valence-corrected chi connectivity index (χ2v) is 6.96. The quantitative estimate of drug-likeness (QED) is 0.846. The van der Waals surface area contributed by atoms with Crippen LogP contribution in [0, 0.1) is 13.8 Å². The molecule has 0 spiro atoms. The average molecular weight is 364 g/mol. The first-order valence-corrected chi connectivity index (χ1v) is 8.88. The van der Waals surface area contributed by atoms with E-state index in [4.69, 9.17) is 20.8 Å². The number of carbonyl (C=O) groups excluding carboxylic acids is 1. The number of halogens is 1. The van der Waals surface area contributed by atoms with Crippen molar-refractivity contribution in [2.24, 2.45) is 0 Å². The number of furan rings is 1. The molecule has 1 aromatic carbocycles. The standard InChI is InChI=1S/C19H23ClN2O3/c1-13-4-5-15(20)10-18(13)22-8-6-21(7-9-22)12-16-11-17(14(2)25-16)19(23)24-3/h4-5,10-11H,6-9,12H2,1-3H3/p+1.